The fourth-order valence-electron chi connectivity index (χ4n) is 3.34. The average molecular weight is 312 g/mol. The number of rotatable bonds is 3. The normalized spacial score (nSPS) is 15.9. The largest absolute Gasteiger partial charge is 0.493 e. The quantitative estimate of drug-likeness (QED) is 0.604. The fourth-order valence-corrected chi connectivity index (χ4v) is 3.34. The predicted molar refractivity (Wildman–Crippen MR) is 99.3 cm³/mol. The van der Waals surface area contributed by atoms with Crippen molar-refractivity contribution in [3.8, 4) is 5.75 Å². The third kappa shape index (κ3) is 2.98. The van der Waals surface area contributed by atoms with Gasteiger partial charge in [0.05, 0.1) is 6.61 Å². The standard InChI is InChI=1S/C23H20O/c1-3-9-18(10-4-1)22(19-11-5-2-6-12-19)17-20-15-16-24-23-14-8-7-13-21(20)23/h1-14,17,20H,15-16H2. The SMILES string of the molecule is C(=C(c1ccccc1)c1ccccc1)C1CCOc2ccccc21. The maximum absolute atomic E-state index is 5.82. The van der Waals surface area contributed by atoms with Crippen LogP contribution in [-0.4, -0.2) is 6.61 Å². The molecule has 0 amide bonds. The Morgan fingerprint density at radius 2 is 1.33 bits per heavy atom. The molecule has 3 aromatic rings. The number of ether oxygens (including phenoxy) is 1. The number of fused-ring (bicyclic) bond motifs is 1. The third-order valence-corrected chi connectivity index (χ3v) is 4.54. The summed E-state index contributed by atoms with van der Waals surface area (Å²) >= 11 is 0. The van der Waals surface area contributed by atoms with Gasteiger partial charge in [0.15, 0.2) is 0 Å². The Morgan fingerprint density at radius 3 is 2.00 bits per heavy atom. The lowest BCUT2D eigenvalue weighted by Crippen LogP contribution is -2.13. The fraction of sp³-hybridized carbons (Fsp3) is 0.130. The molecule has 4 rings (SSSR count). The number of hydrogen-bond donors (Lipinski definition) is 0. The van der Waals surface area contributed by atoms with Crippen molar-refractivity contribution in [3.05, 3.63) is 108 Å². The molecule has 0 spiro atoms. The second-order valence-corrected chi connectivity index (χ2v) is 6.09. The molecular formula is C23H20O. The van der Waals surface area contributed by atoms with Gasteiger partial charge in [-0.2, -0.15) is 0 Å². The molecule has 3 aromatic carbocycles. The zero-order valence-electron chi connectivity index (χ0n) is 13.6. The lowest BCUT2D eigenvalue weighted by molar-refractivity contribution is 0.279. The number of para-hydroxylation sites is 1. The summed E-state index contributed by atoms with van der Waals surface area (Å²) in [5, 5.41) is 0. The van der Waals surface area contributed by atoms with E-state index in [1.54, 1.807) is 0 Å². The Bertz CT molecular complexity index is 793. The second kappa shape index (κ2) is 6.76. The van der Waals surface area contributed by atoms with Crippen molar-refractivity contribution < 1.29 is 4.74 Å². The Labute approximate surface area is 143 Å². The molecule has 1 nitrogen and oxygen atoms in total. The molecule has 0 fully saturated rings. The Morgan fingerprint density at radius 1 is 0.750 bits per heavy atom. The molecule has 0 aliphatic carbocycles. The van der Waals surface area contributed by atoms with Crippen LogP contribution in [0.15, 0.2) is 91.0 Å². The van der Waals surface area contributed by atoms with Crippen LogP contribution in [0.2, 0.25) is 0 Å². The molecule has 0 radical (unpaired) electrons. The molecule has 24 heavy (non-hydrogen) atoms. The molecule has 0 saturated heterocycles. The Kier molecular flexibility index (Phi) is 4.16. The summed E-state index contributed by atoms with van der Waals surface area (Å²) in [4.78, 5) is 0. The first-order valence-corrected chi connectivity index (χ1v) is 8.46. The maximum Gasteiger partial charge on any atom is 0.123 e. The van der Waals surface area contributed by atoms with Gasteiger partial charge in [-0.25, -0.2) is 0 Å². The number of allylic oxidation sites excluding steroid dienone is 1. The molecule has 1 aliphatic heterocycles. The van der Waals surface area contributed by atoms with Crippen molar-refractivity contribution in [3.63, 3.8) is 0 Å². The van der Waals surface area contributed by atoms with Gasteiger partial charge in [0.1, 0.15) is 5.75 Å². The number of hydrogen-bond acceptors (Lipinski definition) is 1. The third-order valence-electron chi connectivity index (χ3n) is 4.54. The summed E-state index contributed by atoms with van der Waals surface area (Å²) in [6.07, 6.45) is 3.42. The van der Waals surface area contributed by atoms with E-state index in [1.165, 1.54) is 22.3 Å². The van der Waals surface area contributed by atoms with E-state index in [4.69, 9.17) is 4.74 Å². The highest BCUT2D eigenvalue weighted by Crippen LogP contribution is 2.37. The van der Waals surface area contributed by atoms with E-state index < -0.39 is 0 Å². The minimum atomic E-state index is 0.380. The molecule has 1 heteroatoms. The molecule has 0 N–H and O–H groups in total. The van der Waals surface area contributed by atoms with E-state index in [2.05, 4.69) is 84.9 Å². The Balaban J connectivity index is 1.82. The van der Waals surface area contributed by atoms with E-state index in [-0.39, 0.29) is 0 Å². The van der Waals surface area contributed by atoms with Crippen LogP contribution in [0.5, 0.6) is 5.75 Å². The van der Waals surface area contributed by atoms with Crippen molar-refractivity contribution in [1.82, 2.24) is 0 Å². The van der Waals surface area contributed by atoms with Crippen LogP contribution in [-0.2, 0) is 0 Å². The van der Waals surface area contributed by atoms with Crippen LogP contribution in [0.25, 0.3) is 5.57 Å². The Hall–Kier alpha value is -2.80. The second-order valence-electron chi connectivity index (χ2n) is 6.09. The highest BCUT2D eigenvalue weighted by Gasteiger charge is 2.20. The molecule has 1 heterocycles. The van der Waals surface area contributed by atoms with Gasteiger partial charge < -0.3 is 4.74 Å². The van der Waals surface area contributed by atoms with Gasteiger partial charge in [-0.1, -0.05) is 84.9 Å². The molecule has 0 aromatic heterocycles. The van der Waals surface area contributed by atoms with Crippen molar-refractivity contribution in [2.24, 2.45) is 0 Å². The monoisotopic (exact) mass is 312 g/mol. The highest BCUT2D eigenvalue weighted by atomic mass is 16.5. The molecule has 118 valence electrons. The predicted octanol–water partition coefficient (Wildman–Crippen LogP) is 5.68. The molecule has 1 aliphatic rings. The summed E-state index contributed by atoms with van der Waals surface area (Å²) in [5.74, 6) is 1.40. The molecule has 1 unspecified atom stereocenters. The molecule has 0 saturated carbocycles. The topological polar surface area (TPSA) is 9.23 Å². The van der Waals surface area contributed by atoms with Gasteiger partial charge in [0, 0.05) is 11.5 Å². The van der Waals surface area contributed by atoms with E-state index in [0.717, 1.165) is 18.8 Å². The first-order chi connectivity index (χ1) is 11.9. The van der Waals surface area contributed by atoms with E-state index in [1.807, 2.05) is 6.07 Å². The van der Waals surface area contributed by atoms with Gasteiger partial charge in [-0.05, 0) is 29.2 Å². The van der Waals surface area contributed by atoms with Crippen molar-refractivity contribution in [2.75, 3.05) is 6.61 Å². The molecule has 0 bridgehead atoms. The summed E-state index contributed by atoms with van der Waals surface area (Å²) in [6, 6.07) is 29.7. The van der Waals surface area contributed by atoms with Gasteiger partial charge >= 0.3 is 0 Å². The van der Waals surface area contributed by atoms with Crippen LogP contribution in [0.3, 0.4) is 0 Å². The van der Waals surface area contributed by atoms with E-state index in [9.17, 15) is 0 Å². The first kappa shape index (κ1) is 14.8. The zero-order valence-corrected chi connectivity index (χ0v) is 13.6. The van der Waals surface area contributed by atoms with Crippen LogP contribution < -0.4 is 4.74 Å². The highest BCUT2D eigenvalue weighted by molar-refractivity contribution is 5.80. The van der Waals surface area contributed by atoms with Crippen LogP contribution in [0.1, 0.15) is 29.0 Å². The van der Waals surface area contributed by atoms with Crippen molar-refractivity contribution in [1.29, 1.82) is 0 Å². The summed E-state index contributed by atoms with van der Waals surface area (Å²) in [6.45, 7) is 0.773. The van der Waals surface area contributed by atoms with Gasteiger partial charge in [-0.3, -0.25) is 0 Å². The molecular weight excluding hydrogens is 292 g/mol. The van der Waals surface area contributed by atoms with E-state index >= 15 is 0 Å². The van der Waals surface area contributed by atoms with Crippen LogP contribution >= 0.6 is 0 Å². The number of benzene rings is 3. The minimum Gasteiger partial charge on any atom is -0.493 e. The summed E-state index contributed by atoms with van der Waals surface area (Å²) in [7, 11) is 0. The summed E-state index contributed by atoms with van der Waals surface area (Å²) in [5.41, 5.74) is 5.09. The van der Waals surface area contributed by atoms with Gasteiger partial charge in [0.25, 0.3) is 0 Å². The summed E-state index contributed by atoms with van der Waals surface area (Å²) < 4.78 is 5.82. The van der Waals surface area contributed by atoms with Crippen LogP contribution in [0, 0.1) is 0 Å². The maximum atomic E-state index is 5.82. The van der Waals surface area contributed by atoms with Crippen molar-refractivity contribution in [2.45, 2.75) is 12.3 Å². The lowest BCUT2D eigenvalue weighted by Gasteiger charge is -2.24. The van der Waals surface area contributed by atoms with Crippen LogP contribution in [0.4, 0.5) is 0 Å². The average Bonchev–Trinajstić information content (AvgIpc) is 2.67. The minimum absolute atomic E-state index is 0.380. The zero-order chi connectivity index (χ0) is 16.2. The van der Waals surface area contributed by atoms with Gasteiger partial charge in [-0.15, -0.1) is 0 Å². The lowest BCUT2D eigenvalue weighted by atomic mass is 9.87. The smallest absolute Gasteiger partial charge is 0.123 e. The van der Waals surface area contributed by atoms with Gasteiger partial charge in [0.2, 0.25) is 0 Å². The molecule has 1 atom stereocenters. The first-order valence-electron chi connectivity index (χ1n) is 8.46. The van der Waals surface area contributed by atoms with E-state index in [0.29, 0.717) is 5.92 Å². The van der Waals surface area contributed by atoms with Crippen molar-refractivity contribution >= 4 is 5.57 Å².